The smallest absolute Gasteiger partial charge is 0.344 e. The third kappa shape index (κ3) is 3.88. The number of fused-ring (bicyclic) bond motifs is 2. The average Bonchev–Trinajstić information content (AvgIpc) is 3.13. The second-order valence-electron chi connectivity index (χ2n) is 8.09. The van der Waals surface area contributed by atoms with E-state index in [1.165, 1.54) is 0 Å². The maximum atomic E-state index is 13.0. The number of hydrogen-bond acceptors (Lipinski definition) is 6. The predicted octanol–water partition coefficient (Wildman–Crippen LogP) is 5.99. The first kappa shape index (κ1) is 22.0. The Morgan fingerprint density at radius 3 is 2.62 bits per heavy atom. The molecule has 0 spiro atoms. The molecule has 1 aromatic heterocycles. The maximum absolute atomic E-state index is 13.0. The van der Waals surface area contributed by atoms with Crippen LogP contribution in [0.2, 0.25) is 0 Å². The zero-order valence-corrected chi connectivity index (χ0v) is 19.9. The van der Waals surface area contributed by atoms with Gasteiger partial charge in [0, 0.05) is 4.88 Å². The SMILES string of the molecule is CCOc1cc([C@@H]2NC(=O)c3c(sc(C)c3C)N2)ccc1OC(=O)c1cccc2ccccc12. The lowest BCUT2D eigenvalue weighted by atomic mass is 10.0. The number of ether oxygens (including phenoxy) is 2. The van der Waals surface area contributed by atoms with Crippen molar-refractivity contribution in [1.29, 1.82) is 0 Å². The van der Waals surface area contributed by atoms with Crippen LogP contribution in [0.4, 0.5) is 5.00 Å². The number of carbonyl (C=O) groups excluding carboxylic acids is 2. The first-order valence-electron chi connectivity index (χ1n) is 11.1. The Morgan fingerprint density at radius 1 is 1.00 bits per heavy atom. The Kier molecular flexibility index (Phi) is 5.71. The molecule has 0 radical (unpaired) electrons. The van der Waals surface area contributed by atoms with Crippen molar-refractivity contribution in [3.63, 3.8) is 0 Å². The number of amides is 1. The number of esters is 1. The first-order chi connectivity index (χ1) is 16.5. The number of aryl methyl sites for hydroxylation is 1. The van der Waals surface area contributed by atoms with E-state index in [4.69, 9.17) is 9.47 Å². The van der Waals surface area contributed by atoms with Crippen LogP contribution in [-0.4, -0.2) is 18.5 Å². The molecule has 1 aliphatic heterocycles. The molecule has 0 unspecified atom stereocenters. The lowest BCUT2D eigenvalue weighted by Crippen LogP contribution is -2.38. The Morgan fingerprint density at radius 2 is 1.79 bits per heavy atom. The molecule has 172 valence electrons. The number of thiophene rings is 1. The van der Waals surface area contributed by atoms with Crippen LogP contribution in [0.15, 0.2) is 60.7 Å². The van der Waals surface area contributed by atoms with Gasteiger partial charge in [-0.25, -0.2) is 4.79 Å². The second-order valence-corrected chi connectivity index (χ2v) is 9.32. The van der Waals surface area contributed by atoms with Gasteiger partial charge in [0.05, 0.1) is 17.7 Å². The minimum atomic E-state index is -0.455. The molecule has 0 aliphatic carbocycles. The highest BCUT2D eigenvalue weighted by Crippen LogP contribution is 2.39. The van der Waals surface area contributed by atoms with Crippen molar-refractivity contribution in [2.45, 2.75) is 26.9 Å². The summed E-state index contributed by atoms with van der Waals surface area (Å²) < 4.78 is 11.6. The van der Waals surface area contributed by atoms with Gasteiger partial charge in [-0.15, -0.1) is 11.3 Å². The van der Waals surface area contributed by atoms with Crippen molar-refractivity contribution in [2.75, 3.05) is 11.9 Å². The summed E-state index contributed by atoms with van der Waals surface area (Å²) in [6.45, 7) is 6.24. The van der Waals surface area contributed by atoms with Crippen molar-refractivity contribution < 1.29 is 19.1 Å². The summed E-state index contributed by atoms with van der Waals surface area (Å²) in [5.74, 6) is 0.205. The zero-order chi connectivity index (χ0) is 23.8. The maximum Gasteiger partial charge on any atom is 0.344 e. The molecule has 1 atom stereocenters. The first-order valence-corrected chi connectivity index (χ1v) is 11.9. The molecule has 0 saturated heterocycles. The van der Waals surface area contributed by atoms with Gasteiger partial charge in [-0.3, -0.25) is 4.79 Å². The molecule has 5 rings (SSSR count). The molecule has 34 heavy (non-hydrogen) atoms. The second kappa shape index (κ2) is 8.83. The highest BCUT2D eigenvalue weighted by Gasteiger charge is 2.29. The fraction of sp³-hybridized carbons (Fsp3) is 0.185. The molecule has 2 N–H and O–H groups in total. The zero-order valence-electron chi connectivity index (χ0n) is 19.1. The van der Waals surface area contributed by atoms with E-state index in [0.717, 1.165) is 31.8 Å². The molecule has 1 amide bonds. The average molecular weight is 473 g/mol. The number of nitrogens with one attached hydrogen (secondary N) is 2. The van der Waals surface area contributed by atoms with E-state index < -0.39 is 12.1 Å². The standard InChI is InChI=1S/C27H24N2O4S/c1-4-32-22-14-18(24-28-25(30)23-15(2)16(3)34-26(23)29-24)12-13-21(22)33-27(31)20-11-7-9-17-8-5-6-10-19(17)20/h5-14,24,29H,4H2,1-3H3,(H,28,30)/t24-/m1/s1. The number of carbonyl (C=O) groups is 2. The fourth-order valence-electron chi connectivity index (χ4n) is 4.15. The molecule has 6 nitrogen and oxygen atoms in total. The highest BCUT2D eigenvalue weighted by molar-refractivity contribution is 7.16. The summed E-state index contributed by atoms with van der Waals surface area (Å²) >= 11 is 1.57. The number of anilines is 1. The quantitative estimate of drug-likeness (QED) is 0.276. The molecule has 4 aromatic rings. The van der Waals surface area contributed by atoms with Crippen LogP contribution in [0, 0.1) is 13.8 Å². The lowest BCUT2D eigenvalue weighted by molar-refractivity contribution is 0.0730. The van der Waals surface area contributed by atoms with E-state index in [1.54, 1.807) is 29.5 Å². The van der Waals surface area contributed by atoms with Gasteiger partial charge in [-0.1, -0.05) is 42.5 Å². The van der Waals surface area contributed by atoms with Gasteiger partial charge in [-0.2, -0.15) is 0 Å². The summed E-state index contributed by atoms with van der Waals surface area (Å²) in [7, 11) is 0. The Hall–Kier alpha value is -3.84. The van der Waals surface area contributed by atoms with E-state index in [-0.39, 0.29) is 5.91 Å². The molecule has 0 saturated carbocycles. The Labute approximate surface area is 201 Å². The predicted molar refractivity (Wildman–Crippen MR) is 134 cm³/mol. The van der Waals surface area contributed by atoms with Crippen LogP contribution >= 0.6 is 11.3 Å². The van der Waals surface area contributed by atoms with Crippen LogP contribution in [0.1, 0.15) is 49.8 Å². The normalized spacial score (nSPS) is 14.8. The number of benzene rings is 3. The topological polar surface area (TPSA) is 76.7 Å². The van der Waals surface area contributed by atoms with Crippen LogP contribution in [0.5, 0.6) is 11.5 Å². The van der Waals surface area contributed by atoms with Gasteiger partial charge in [0.15, 0.2) is 11.5 Å². The van der Waals surface area contributed by atoms with Crippen molar-refractivity contribution >= 4 is 39.0 Å². The van der Waals surface area contributed by atoms with E-state index in [9.17, 15) is 9.59 Å². The van der Waals surface area contributed by atoms with E-state index in [2.05, 4.69) is 10.6 Å². The van der Waals surface area contributed by atoms with E-state index >= 15 is 0 Å². The van der Waals surface area contributed by atoms with Gasteiger partial charge < -0.3 is 20.1 Å². The molecule has 0 fully saturated rings. The summed E-state index contributed by atoms with van der Waals surface area (Å²) in [5.41, 5.74) is 2.98. The number of hydrogen-bond donors (Lipinski definition) is 2. The third-order valence-corrected chi connectivity index (χ3v) is 7.11. The summed E-state index contributed by atoms with van der Waals surface area (Å²) in [4.78, 5) is 26.9. The number of rotatable bonds is 5. The van der Waals surface area contributed by atoms with E-state index in [0.29, 0.717) is 29.2 Å². The highest BCUT2D eigenvalue weighted by atomic mass is 32.1. The molecule has 1 aliphatic rings. The summed E-state index contributed by atoms with van der Waals surface area (Å²) in [6, 6.07) is 18.6. The molecular weight excluding hydrogens is 448 g/mol. The van der Waals surface area contributed by atoms with Gasteiger partial charge in [0.25, 0.3) is 5.91 Å². The van der Waals surface area contributed by atoms with Crippen molar-refractivity contribution in [3.8, 4) is 11.5 Å². The van der Waals surface area contributed by atoms with Crippen molar-refractivity contribution in [1.82, 2.24) is 5.32 Å². The minimum Gasteiger partial charge on any atom is -0.490 e. The van der Waals surface area contributed by atoms with Gasteiger partial charge in [0.2, 0.25) is 0 Å². The van der Waals surface area contributed by atoms with Crippen LogP contribution in [0.3, 0.4) is 0 Å². The Balaban J connectivity index is 1.44. The van der Waals surface area contributed by atoms with Crippen molar-refractivity contribution in [3.05, 3.63) is 87.8 Å². The summed E-state index contributed by atoms with van der Waals surface area (Å²) in [5, 5.41) is 9.07. The molecule has 0 bridgehead atoms. The minimum absolute atomic E-state index is 0.106. The monoisotopic (exact) mass is 472 g/mol. The Bertz CT molecular complexity index is 1420. The molecule has 7 heteroatoms. The fourth-order valence-corrected chi connectivity index (χ4v) is 5.24. The van der Waals surface area contributed by atoms with Crippen LogP contribution in [-0.2, 0) is 0 Å². The van der Waals surface area contributed by atoms with Gasteiger partial charge in [0.1, 0.15) is 11.2 Å². The van der Waals surface area contributed by atoms with E-state index in [1.807, 2.05) is 63.2 Å². The van der Waals surface area contributed by atoms with Gasteiger partial charge in [-0.05, 0) is 60.9 Å². The van der Waals surface area contributed by atoms with Gasteiger partial charge >= 0.3 is 5.97 Å². The van der Waals surface area contributed by atoms with Crippen LogP contribution < -0.4 is 20.1 Å². The van der Waals surface area contributed by atoms with Crippen molar-refractivity contribution in [2.24, 2.45) is 0 Å². The lowest BCUT2D eigenvalue weighted by Gasteiger charge is -2.27. The molecule has 2 heterocycles. The molecule has 3 aromatic carbocycles. The van der Waals surface area contributed by atoms with Crippen LogP contribution in [0.25, 0.3) is 10.8 Å². The third-order valence-electron chi connectivity index (χ3n) is 5.98. The molecular formula is C27H24N2O4S. The largest absolute Gasteiger partial charge is 0.490 e. The summed E-state index contributed by atoms with van der Waals surface area (Å²) in [6.07, 6.45) is -0.417.